The molecule has 0 fully saturated rings. The number of ether oxygens (including phenoxy) is 1. The van der Waals surface area contributed by atoms with Crippen molar-refractivity contribution in [2.24, 2.45) is 0 Å². The van der Waals surface area contributed by atoms with Crippen molar-refractivity contribution in [2.75, 3.05) is 18.9 Å². The first-order chi connectivity index (χ1) is 10.5. The van der Waals surface area contributed by atoms with E-state index in [4.69, 9.17) is 27.9 Å². The number of hydrogen-bond acceptors (Lipinski definition) is 3. The van der Waals surface area contributed by atoms with Gasteiger partial charge in [-0.25, -0.2) is 4.39 Å². The van der Waals surface area contributed by atoms with E-state index in [1.54, 1.807) is 13.1 Å². The zero-order valence-corrected chi connectivity index (χ0v) is 13.1. The van der Waals surface area contributed by atoms with Crippen LogP contribution < -0.4 is 15.4 Å². The van der Waals surface area contributed by atoms with E-state index in [0.717, 1.165) is 0 Å². The van der Waals surface area contributed by atoms with Crippen molar-refractivity contribution < 1.29 is 13.9 Å². The monoisotopic (exact) mass is 342 g/mol. The molecule has 0 bridgehead atoms. The smallest absolute Gasteiger partial charge is 0.238 e. The number of likely N-dealkylation sites (N-methyl/N-ethyl adjacent to an activating group) is 1. The Balaban J connectivity index is 2.14. The summed E-state index contributed by atoms with van der Waals surface area (Å²) < 4.78 is 19.4. The molecule has 0 unspecified atom stereocenters. The van der Waals surface area contributed by atoms with Gasteiger partial charge in [-0.05, 0) is 37.4 Å². The first-order valence-corrected chi connectivity index (χ1v) is 7.11. The molecule has 0 spiro atoms. The Bertz CT molecular complexity index is 675. The molecule has 22 heavy (non-hydrogen) atoms. The van der Waals surface area contributed by atoms with Crippen molar-refractivity contribution in [1.29, 1.82) is 0 Å². The van der Waals surface area contributed by atoms with Crippen molar-refractivity contribution in [3.8, 4) is 11.5 Å². The van der Waals surface area contributed by atoms with E-state index in [2.05, 4.69) is 10.6 Å². The molecule has 0 saturated carbocycles. The van der Waals surface area contributed by atoms with Crippen LogP contribution in [0.15, 0.2) is 36.4 Å². The minimum Gasteiger partial charge on any atom is -0.454 e. The number of nitrogens with one attached hydrogen (secondary N) is 2. The zero-order valence-electron chi connectivity index (χ0n) is 11.6. The highest BCUT2D eigenvalue weighted by Gasteiger charge is 2.09. The molecule has 7 heteroatoms. The van der Waals surface area contributed by atoms with Crippen LogP contribution in [-0.2, 0) is 4.79 Å². The summed E-state index contributed by atoms with van der Waals surface area (Å²) in [6.45, 7) is 0.140. The van der Waals surface area contributed by atoms with Crippen LogP contribution in [0.3, 0.4) is 0 Å². The lowest BCUT2D eigenvalue weighted by Gasteiger charge is -2.10. The van der Waals surface area contributed by atoms with Crippen LogP contribution in [0.4, 0.5) is 10.1 Å². The molecule has 0 radical (unpaired) electrons. The maximum Gasteiger partial charge on any atom is 0.238 e. The molecule has 2 rings (SSSR count). The van der Waals surface area contributed by atoms with Crippen LogP contribution in [-0.4, -0.2) is 19.5 Å². The fourth-order valence-electron chi connectivity index (χ4n) is 1.74. The topological polar surface area (TPSA) is 50.4 Å². The molecule has 4 nitrogen and oxygen atoms in total. The lowest BCUT2D eigenvalue weighted by atomic mass is 10.2. The van der Waals surface area contributed by atoms with Gasteiger partial charge in [0.05, 0.1) is 6.54 Å². The number of rotatable bonds is 5. The summed E-state index contributed by atoms with van der Waals surface area (Å²) in [7, 11) is 1.65. The van der Waals surface area contributed by atoms with E-state index in [0.29, 0.717) is 21.5 Å². The maximum atomic E-state index is 14.0. The third kappa shape index (κ3) is 4.59. The molecule has 0 aliphatic heterocycles. The molecule has 1 amide bonds. The van der Waals surface area contributed by atoms with Gasteiger partial charge in [0.1, 0.15) is 5.75 Å². The Labute approximate surface area is 137 Å². The second-order valence-electron chi connectivity index (χ2n) is 4.43. The molecule has 116 valence electrons. The van der Waals surface area contributed by atoms with Gasteiger partial charge in [0.2, 0.25) is 5.91 Å². The second kappa shape index (κ2) is 7.45. The van der Waals surface area contributed by atoms with Gasteiger partial charge in [-0.2, -0.15) is 0 Å². The van der Waals surface area contributed by atoms with Gasteiger partial charge in [-0.15, -0.1) is 0 Å². The number of carbonyl (C=O) groups is 1. The summed E-state index contributed by atoms with van der Waals surface area (Å²) in [5.74, 6) is -0.552. The molecule has 2 aromatic rings. The molecule has 0 saturated heterocycles. The third-order valence-corrected chi connectivity index (χ3v) is 3.05. The van der Waals surface area contributed by atoms with E-state index in [1.807, 2.05) is 0 Å². The number of carbonyl (C=O) groups excluding carboxylic acids is 1. The lowest BCUT2D eigenvalue weighted by molar-refractivity contribution is -0.115. The number of benzene rings is 2. The fraction of sp³-hybridized carbons (Fsp3) is 0.133. The van der Waals surface area contributed by atoms with E-state index in [-0.39, 0.29) is 18.2 Å². The molecule has 2 N–H and O–H groups in total. The van der Waals surface area contributed by atoms with E-state index in [9.17, 15) is 9.18 Å². The average molecular weight is 343 g/mol. The van der Waals surface area contributed by atoms with Gasteiger partial charge in [0.25, 0.3) is 0 Å². The Morgan fingerprint density at radius 1 is 1.18 bits per heavy atom. The highest BCUT2D eigenvalue weighted by atomic mass is 35.5. The van der Waals surface area contributed by atoms with Crippen LogP contribution in [0, 0.1) is 5.82 Å². The zero-order chi connectivity index (χ0) is 16.1. The third-order valence-electron chi connectivity index (χ3n) is 2.62. The molecule has 0 aliphatic carbocycles. The predicted molar refractivity (Wildman–Crippen MR) is 85.5 cm³/mol. The fourth-order valence-corrected chi connectivity index (χ4v) is 2.25. The van der Waals surface area contributed by atoms with Crippen molar-refractivity contribution in [3.05, 3.63) is 52.3 Å². The largest absolute Gasteiger partial charge is 0.454 e. The van der Waals surface area contributed by atoms with Gasteiger partial charge in [-0.1, -0.05) is 23.2 Å². The van der Waals surface area contributed by atoms with Crippen molar-refractivity contribution in [2.45, 2.75) is 0 Å². The highest BCUT2D eigenvalue weighted by Crippen LogP contribution is 2.30. The number of hydrogen-bond donors (Lipinski definition) is 2. The number of amides is 1. The normalized spacial score (nSPS) is 10.4. The summed E-state index contributed by atoms with van der Waals surface area (Å²) >= 11 is 11.7. The summed E-state index contributed by atoms with van der Waals surface area (Å²) in [6.07, 6.45) is 0. The van der Waals surface area contributed by atoms with Crippen molar-refractivity contribution >= 4 is 34.8 Å². The second-order valence-corrected chi connectivity index (χ2v) is 5.30. The quantitative estimate of drug-likeness (QED) is 0.860. The summed E-state index contributed by atoms with van der Waals surface area (Å²) in [5.41, 5.74) is 0.342. The van der Waals surface area contributed by atoms with Gasteiger partial charge < -0.3 is 15.4 Å². The number of anilines is 1. The van der Waals surface area contributed by atoms with Crippen LogP contribution in [0.25, 0.3) is 0 Å². The van der Waals surface area contributed by atoms with E-state index in [1.165, 1.54) is 30.3 Å². The standard InChI is InChI=1S/C15H13Cl2FN2O2/c1-19-8-15(21)20-11-2-3-14(13(18)7-11)22-12-5-9(16)4-10(17)6-12/h2-7,19H,8H2,1H3,(H,20,21). The lowest BCUT2D eigenvalue weighted by Crippen LogP contribution is -2.25. The molecule has 0 aliphatic rings. The Kier molecular flexibility index (Phi) is 5.60. The molecule has 0 heterocycles. The van der Waals surface area contributed by atoms with Crippen LogP contribution >= 0.6 is 23.2 Å². The van der Waals surface area contributed by atoms with Crippen LogP contribution in [0.1, 0.15) is 0 Å². The van der Waals surface area contributed by atoms with Gasteiger partial charge >= 0.3 is 0 Å². The maximum absolute atomic E-state index is 14.0. The molecule has 0 atom stereocenters. The van der Waals surface area contributed by atoms with Crippen LogP contribution in [0.2, 0.25) is 10.0 Å². The first kappa shape index (κ1) is 16.5. The highest BCUT2D eigenvalue weighted by molar-refractivity contribution is 6.34. The van der Waals surface area contributed by atoms with Crippen molar-refractivity contribution in [1.82, 2.24) is 5.32 Å². The minimum atomic E-state index is -0.613. The Hall–Kier alpha value is -1.82. The number of halogens is 3. The average Bonchev–Trinajstić information content (AvgIpc) is 2.41. The summed E-state index contributed by atoms with van der Waals surface area (Å²) in [6, 6.07) is 8.73. The SMILES string of the molecule is CNCC(=O)Nc1ccc(Oc2cc(Cl)cc(Cl)c2)c(F)c1. The van der Waals surface area contributed by atoms with E-state index < -0.39 is 5.82 Å². The first-order valence-electron chi connectivity index (χ1n) is 6.36. The Morgan fingerprint density at radius 2 is 1.86 bits per heavy atom. The molecular formula is C15H13Cl2FN2O2. The van der Waals surface area contributed by atoms with Crippen molar-refractivity contribution in [3.63, 3.8) is 0 Å². The summed E-state index contributed by atoms with van der Waals surface area (Å²) in [5, 5.41) is 6.03. The van der Waals surface area contributed by atoms with Gasteiger partial charge in [0.15, 0.2) is 11.6 Å². The molecular weight excluding hydrogens is 330 g/mol. The van der Waals surface area contributed by atoms with Crippen LogP contribution in [0.5, 0.6) is 11.5 Å². The van der Waals surface area contributed by atoms with Gasteiger partial charge in [0, 0.05) is 21.8 Å². The van der Waals surface area contributed by atoms with E-state index >= 15 is 0 Å². The summed E-state index contributed by atoms with van der Waals surface area (Å²) in [4.78, 5) is 11.4. The van der Waals surface area contributed by atoms with Gasteiger partial charge in [-0.3, -0.25) is 4.79 Å². The minimum absolute atomic E-state index is 0.00458. The Morgan fingerprint density at radius 3 is 2.45 bits per heavy atom. The molecule has 2 aromatic carbocycles. The molecule has 0 aromatic heterocycles. The predicted octanol–water partition coefficient (Wildman–Crippen LogP) is 4.08.